The normalized spacial score (nSPS) is 17.1. The third kappa shape index (κ3) is 5.80. The minimum absolute atomic E-state index is 0.0484. The Hall–Kier alpha value is -2.91. The number of anilines is 1. The number of benzene rings is 1. The van der Waals surface area contributed by atoms with Gasteiger partial charge in [0.2, 0.25) is 11.8 Å². The van der Waals surface area contributed by atoms with Crippen molar-refractivity contribution < 1.29 is 27.4 Å². The SMILES string of the molecule is Cc1nonc1CC(=O)N1CCC[C@@H](CCC(=O)Nc2ccc(C(F)(F)F)cc2)C1. The Balaban J connectivity index is 1.45. The number of amides is 2. The number of aromatic nitrogens is 2. The first kappa shape index (κ1) is 21.8. The van der Waals surface area contributed by atoms with E-state index in [-0.39, 0.29) is 30.6 Å². The van der Waals surface area contributed by atoms with Gasteiger partial charge in [-0.05, 0) is 56.4 Å². The van der Waals surface area contributed by atoms with Crippen molar-refractivity contribution >= 4 is 17.5 Å². The summed E-state index contributed by atoms with van der Waals surface area (Å²) in [6.45, 7) is 2.96. The number of hydrogen-bond donors (Lipinski definition) is 1. The van der Waals surface area contributed by atoms with Crippen LogP contribution in [0.25, 0.3) is 0 Å². The smallest absolute Gasteiger partial charge is 0.342 e. The van der Waals surface area contributed by atoms with Crippen LogP contribution in [-0.4, -0.2) is 40.1 Å². The van der Waals surface area contributed by atoms with Gasteiger partial charge in [0.05, 0.1) is 12.0 Å². The number of carbonyl (C=O) groups is 2. The van der Waals surface area contributed by atoms with Gasteiger partial charge in [-0.15, -0.1) is 0 Å². The van der Waals surface area contributed by atoms with Gasteiger partial charge in [0.15, 0.2) is 0 Å². The maximum Gasteiger partial charge on any atom is 0.416 e. The molecule has 1 fully saturated rings. The Morgan fingerprint density at radius 1 is 1.23 bits per heavy atom. The highest BCUT2D eigenvalue weighted by Gasteiger charge is 2.30. The van der Waals surface area contributed by atoms with Crippen LogP contribution in [0.3, 0.4) is 0 Å². The summed E-state index contributed by atoms with van der Waals surface area (Å²) in [5, 5.41) is 10.0. The predicted molar refractivity (Wildman–Crippen MR) is 101 cm³/mol. The summed E-state index contributed by atoms with van der Waals surface area (Å²) in [4.78, 5) is 26.4. The highest BCUT2D eigenvalue weighted by Crippen LogP contribution is 2.30. The molecule has 30 heavy (non-hydrogen) atoms. The summed E-state index contributed by atoms with van der Waals surface area (Å²) in [6.07, 6.45) is -1.66. The summed E-state index contributed by atoms with van der Waals surface area (Å²) in [7, 11) is 0. The predicted octanol–water partition coefficient (Wildman–Crippen LogP) is 3.60. The van der Waals surface area contributed by atoms with Crippen molar-refractivity contribution in [3.05, 3.63) is 41.2 Å². The van der Waals surface area contributed by atoms with E-state index in [9.17, 15) is 22.8 Å². The van der Waals surface area contributed by atoms with E-state index >= 15 is 0 Å². The lowest BCUT2D eigenvalue weighted by atomic mass is 9.93. The molecule has 2 aromatic rings. The van der Waals surface area contributed by atoms with Crippen LogP contribution in [-0.2, 0) is 22.2 Å². The van der Waals surface area contributed by atoms with Gasteiger partial charge < -0.3 is 10.2 Å². The molecular weight excluding hydrogens is 401 g/mol. The van der Waals surface area contributed by atoms with Gasteiger partial charge in [0.1, 0.15) is 11.4 Å². The Morgan fingerprint density at radius 3 is 2.60 bits per heavy atom. The van der Waals surface area contributed by atoms with Crippen LogP contribution in [0.2, 0.25) is 0 Å². The first-order valence-electron chi connectivity index (χ1n) is 9.75. The minimum atomic E-state index is -4.41. The van der Waals surface area contributed by atoms with Crippen LogP contribution in [0, 0.1) is 12.8 Å². The summed E-state index contributed by atoms with van der Waals surface area (Å²) in [5.41, 5.74) is 0.684. The number of likely N-dealkylation sites (tertiary alicyclic amines) is 1. The molecule has 0 aliphatic carbocycles. The van der Waals surface area contributed by atoms with Crippen molar-refractivity contribution in [2.24, 2.45) is 5.92 Å². The number of hydrogen-bond acceptors (Lipinski definition) is 5. The zero-order chi connectivity index (χ0) is 21.7. The van der Waals surface area contributed by atoms with Gasteiger partial charge in [-0.25, -0.2) is 4.63 Å². The number of aryl methyl sites for hydroxylation is 1. The molecule has 0 saturated carbocycles. The van der Waals surface area contributed by atoms with E-state index in [0.29, 0.717) is 36.6 Å². The maximum absolute atomic E-state index is 12.6. The van der Waals surface area contributed by atoms with Crippen LogP contribution in [0.5, 0.6) is 0 Å². The first-order valence-corrected chi connectivity index (χ1v) is 9.75. The average Bonchev–Trinajstić information content (AvgIpc) is 3.11. The molecule has 2 amide bonds. The van der Waals surface area contributed by atoms with Gasteiger partial charge in [-0.3, -0.25) is 9.59 Å². The number of alkyl halides is 3. The molecule has 1 N–H and O–H groups in total. The van der Waals surface area contributed by atoms with E-state index in [1.165, 1.54) is 12.1 Å². The number of carbonyl (C=O) groups excluding carboxylic acids is 2. The molecule has 7 nitrogen and oxygen atoms in total. The quantitative estimate of drug-likeness (QED) is 0.766. The lowest BCUT2D eigenvalue weighted by Crippen LogP contribution is -2.41. The van der Waals surface area contributed by atoms with Gasteiger partial charge in [-0.2, -0.15) is 13.2 Å². The Bertz CT molecular complexity index is 880. The highest BCUT2D eigenvalue weighted by atomic mass is 19.4. The van der Waals surface area contributed by atoms with E-state index in [1.54, 1.807) is 11.8 Å². The van der Waals surface area contributed by atoms with Crippen LogP contribution < -0.4 is 5.32 Å². The number of halogens is 3. The van der Waals surface area contributed by atoms with Crippen LogP contribution in [0.1, 0.15) is 42.6 Å². The van der Waals surface area contributed by atoms with Gasteiger partial charge >= 0.3 is 6.18 Å². The van der Waals surface area contributed by atoms with E-state index < -0.39 is 11.7 Å². The van der Waals surface area contributed by atoms with Crippen LogP contribution >= 0.6 is 0 Å². The monoisotopic (exact) mass is 424 g/mol. The molecule has 0 radical (unpaired) electrons. The molecule has 1 atom stereocenters. The number of nitrogens with one attached hydrogen (secondary N) is 1. The van der Waals surface area contributed by atoms with E-state index in [4.69, 9.17) is 0 Å². The van der Waals surface area contributed by atoms with Crippen molar-refractivity contribution in [2.75, 3.05) is 18.4 Å². The lowest BCUT2D eigenvalue weighted by Gasteiger charge is -2.32. The molecule has 0 unspecified atom stereocenters. The molecule has 1 aromatic heterocycles. The summed E-state index contributed by atoms with van der Waals surface area (Å²) < 4.78 is 42.4. The maximum atomic E-state index is 12.6. The topological polar surface area (TPSA) is 88.3 Å². The summed E-state index contributed by atoms with van der Waals surface area (Å²) in [5.74, 6) is -0.118. The molecule has 1 aliphatic rings. The Kier molecular flexibility index (Phi) is 6.73. The van der Waals surface area contributed by atoms with Crippen molar-refractivity contribution in [3.63, 3.8) is 0 Å². The van der Waals surface area contributed by atoms with Crippen molar-refractivity contribution in [1.82, 2.24) is 15.2 Å². The Labute approximate surface area is 171 Å². The second-order valence-corrected chi connectivity index (χ2v) is 7.48. The lowest BCUT2D eigenvalue weighted by molar-refractivity contribution is -0.137. The molecule has 0 bridgehead atoms. The zero-order valence-corrected chi connectivity index (χ0v) is 16.5. The number of piperidine rings is 1. The molecule has 1 aromatic carbocycles. The number of nitrogens with zero attached hydrogens (tertiary/aromatic N) is 3. The molecule has 2 heterocycles. The highest BCUT2D eigenvalue weighted by molar-refractivity contribution is 5.90. The van der Waals surface area contributed by atoms with Crippen molar-refractivity contribution in [2.45, 2.75) is 45.2 Å². The van der Waals surface area contributed by atoms with Crippen LogP contribution in [0.4, 0.5) is 18.9 Å². The third-order valence-corrected chi connectivity index (χ3v) is 5.21. The molecular formula is C20H23F3N4O3. The fourth-order valence-electron chi connectivity index (χ4n) is 3.49. The van der Waals surface area contributed by atoms with Crippen molar-refractivity contribution in [1.29, 1.82) is 0 Å². The second-order valence-electron chi connectivity index (χ2n) is 7.48. The molecule has 1 saturated heterocycles. The summed E-state index contributed by atoms with van der Waals surface area (Å²) in [6, 6.07) is 4.35. The molecule has 0 spiro atoms. The van der Waals surface area contributed by atoms with E-state index in [1.807, 2.05) is 0 Å². The fourth-order valence-corrected chi connectivity index (χ4v) is 3.49. The second kappa shape index (κ2) is 9.27. The fraction of sp³-hybridized carbons (Fsp3) is 0.500. The first-order chi connectivity index (χ1) is 14.2. The molecule has 1 aliphatic heterocycles. The summed E-state index contributed by atoms with van der Waals surface area (Å²) >= 11 is 0. The molecule has 162 valence electrons. The minimum Gasteiger partial charge on any atom is -0.342 e. The van der Waals surface area contributed by atoms with E-state index in [0.717, 1.165) is 25.0 Å². The average molecular weight is 424 g/mol. The largest absolute Gasteiger partial charge is 0.416 e. The molecule has 10 heteroatoms. The Morgan fingerprint density at radius 2 is 1.97 bits per heavy atom. The van der Waals surface area contributed by atoms with Gasteiger partial charge in [-0.1, -0.05) is 10.3 Å². The number of rotatable bonds is 6. The standard InChI is InChI=1S/C20H23F3N4O3/c1-13-17(26-30-25-13)11-19(29)27-10-2-3-14(12-27)4-9-18(28)24-16-7-5-15(6-8-16)20(21,22)23/h5-8,14H,2-4,9-12H2,1H3,(H,24,28)/t14-/m0/s1. The van der Waals surface area contributed by atoms with Crippen LogP contribution in [0.15, 0.2) is 28.9 Å². The van der Waals surface area contributed by atoms with Crippen molar-refractivity contribution in [3.8, 4) is 0 Å². The van der Waals surface area contributed by atoms with Gasteiger partial charge in [0.25, 0.3) is 0 Å². The van der Waals surface area contributed by atoms with Gasteiger partial charge in [0, 0.05) is 25.2 Å². The zero-order valence-electron chi connectivity index (χ0n) is 16.5. The molecule has 3 rings (SSSR count). The van der Waals surface area contributed by atoms with E-state index in [2.05, 4.69) is 20.3 Å². The third-order valence-electron chi connectivity index (χ3n) is 5.21.